The van der Waals surface area contributed by atoms with Crippen LogP contribution in [-0.4, -0.2) is 88.9 Å². The first-order valence-electron chi connectivity index (χ1n) is 12.9. The lowest BCUT2D eigenvalue weighted by atomic mass is 9.98. The number of amides is 3. The van der Waals surface area contributed by atoms with Crippen molar-refractivity contribution in [3.8, 4) is 0 Å². The number of thioether (sulfide) groups is 1. The number of oxime groups is 1. The molecule has 16 nitrogen and oxygen atoms in total. The highest BCUT2D eigenvalue weighted by Crippen LogP contribution is 2.41. The van der Waals surface area contributed by atoms with Crippen molar-refractivity contribution < 1.29 is 47.8 Å². The Bertz CT molecular complexity index is 1290. The molecular weight excluding hydrogens is 596 g/mol. The lowest BCUT2D eigenvalue weighted by Crippen LogP contribution is -2.71. The van der Waals surface area contributed by atoms with Gasteiger partial charge in [-0.15, -0.1) is 23.1 Å². The quantitative estimate of drug-likeness (QED) is 0.0830. The molecule has 3 heterocycles. The van der Waals surface area contributed by atoms with Crippen molar-refractivity contribution in [2.24, 2.45) is 10.9 Å². The number of carbonyl (C=O) groups excluding carboxylic acids is 5. The van der Waals surface area contributed by atoms with Crippen LogP contribution in [0.25, 0.3) is 0 Å². The van der Waals surface area contributed by atoms with E-state index in [4.69, 9.17) is 35.3 Å². The van der Waals surface area contributed by atoms with E-state index in [-0.39, 0.29) is 39.7 Å². The third-order valence-corrected chi connectivity index (χ3v) is 8.44. The molecule has 0 bridgehead atoms. The molecule has 42 heavy (non-hydrogen) atoms. The van der Waals surface area contributed by atoms with Gasteiger partial charge in [0.15, 0.2) is 10.8 Å². The van der Waals surface area contributed by atoms with Crippen LogP contribution in [-0.2, 0) is 38.2 Å². The van der Waals surface area contributed by atoms with Crippen LogP contribution in [0.15, 0.2) is 21.8 Å². The summed E-state index contributed by atoms with van der Waals surface area (Å²) in [5, 5.41) is 7.27. The summed E-state index contributed by atoms with van der Waals surface area (Å²) >= 11 is 2.29. The number of rotatable bonds is 10. The number of thiazole rings is 1. The minimum Gasteiger partial charge on any atom is -0.445 e. The van der Waals surface area contributed by atoms with E-state index >= 15 is 0 Å². The molecule has 0 aromatic carbocycles. The maximum atomic E-state index is 13.3. The molecule has 18 heteroatoms. The summed E-state index contributed by atoms with van der Waals surface area (Å²) in [6, 6.07) is -1.05. The van der Waals surface area contributed by atoms with Gasteiger partial charge in [-0.2, -0.15) is 0 Å². The lowest BCUT2D eigenvalue weighted by Gasteiger charge is -2.49. The first-order chi connectivity index (χ1) is 20.1. The fourth-order valence-electron chi connectivity index (χ4n) is 4.56. The number of nitrogens with one attached hydrogen (secondary N) is 1. The van der Waals surface area contributed by atoms with Gasteiger partial charge in [-0.1, -0.05) is 11.6 Å². The molecular formula is C24H30N6O10S2. The number of fused-ring (bicyclic) bond motifs is 1. The number of β-lactam (4-membered cyclic amide) rings is 1. The van der Waals surface area contributed by atoms with Crippen molar-refractivity contribution in [2.75, 3.05) is 25.2 Å². The fourth-order valence-corrected chi connectivity index (χ4v) is 6.43. The Hall–Kier alpha value is -4.06. The van der Waals surface area contributed by atoms with Crippen LogP contribution >= 0.6 is 23.1 Å². The third-order valence-electron chi connectivity index (χ3n) is 6.43. The van der Waals surface area contributed by atoms with E-state index in [2.05, 4.69) is 15.5 Å². The van der Waals surface area contributed by atoms with Gasteiger partial charge < -0.3 is 40.6 Å². The van der Waals surface area contributed by atoms with Gasteiger partial charge in [0, 0.05) is 23.6 Å². The van der Waals surface area contributed by atoms with Crippen molar-refractivity contribution in [1.29, 1.82) is 0 Å². The monoisotopic (exact) mass is 626 g/mol. The molecule has 3 aliphatic rings. The van der Waals surface area contributed by atoms with E-state index in [1.165, 1.54) is 31.2 Å². The summed E-state index contributed by atoms with van der Waals surface area (Å²) in [7, 11) is 1.25. The molecule has 3 amide bonds. The molecule has 1 aromatic heterocycles. The summed E-state index contributed by atoms with van der Waals surface area (Å²) in [6.07, 6.45) is 0.710. The smallest absolute Gasteiger partial charge is 0.445 e. The number of aromatic nitrogens is 1. The van der Waals surface area contributed by atoms with E-state index in [0.29, 0.717) is 0 Å². The third kappa shape index (κ3) is 7.22. The van der Waals surface area contributed by atoms with Crippen LogP contribution in [0.4, 0.5) is 14.7 Å². The molecule has 1 aromatic rings. The van der Waals surface area contributed by atoms with Crippen molar-refractivity contribution in [3.63, 3.8) is 0 Å². The second-order valence-electron chi connectivity index (χ2n) is 9.33. The molecule has 2 aliphatic heterocycles. The Balaban J connectivity index is 1.45. The summed E-state index contributed by atoms with van der Waals surface area (Å²) in [4.78, 5) is 72.8. The van der Waals surface area contributed by atoms with Crippen LogP contribution in [0.3, 0.4) is 0 Å². The topological polar surface area (TPSA) is 224 Å². The van der Waals surface area contributed by atoms with Gasteiger partial charge in [0.1, 0.15) is 42.6 Å². The predicted octanol–water partition coefficient (Wildman–Crippen LogP) is 1.20. The van der Waals surface area contributed by atoms with Gasteiger partial charge in [0.25, 0.3) is 11.8 Å². The number of hydrogen-bond donors (Lipinski definition) is 3. The Labute approximate surface area is 248 Å². The Kier molecular flexibility index (Phi) is 10.1. The molecule has 0 radical (unpaired) electrons. The number of nitrogen functional groups attached to an aromatic ring is 1. The number of anilines is 1. The van der Waals surface area contributed by atoms with E-state index in [1.54, 1.807) is 0 Å². The summed E-state index contributed by atoms with van der Waals surface area (Å²) < 4.78 is 20.5. The molecule has 0 spiro atoms. The minimum atomic E-state index is -1.36. The highest BCUT2D eigenvalue weighted by Gasteiger charge is 2.55. The number of nitrogens with two attached hydrogens (primary N) is 2. The maximum Gasteiger partial charge on any atom is 0.511 e. The Morgan fingerprint density at radius 3 is 2.60 bits per heavy atom. The van der Waals surface area contributed by atoms with Crippen molar-refractivity contribution in [2.45, 2.75) is 62.8 Å². The molecule has 5 N–H and O–H groups in total. The molecule has 4 rings (SSSR count). The first-order valence-corrected chi connectivity index (χ1v) is 14.8. The molecule has 1 unspecified atom stereocenters. The molecule has 2 fully saturated rings. The summed E-state index contributed by atoms with van der Waals surface area (Å²) in [5.74, 6) is -2.29. The molecule has 3 atom stereocenters. The zero-order chi connectivity index (χ0) is 30.4. The fraction of sp³-hybridized carbons (Fsp3) is 0.542. The van der Waals surface area contributed by atoms with E-state index in [1.807, 2.05) is 0 Å². The normalized spacial score (nSPS) is 21.4. The second kappa shape index (κ2) is 13.7. The van der Waals surface area contributed by atoms with Crippen LogP contribution in [0.2, 0.25) is 0 Å². The first kappa shape index (κ1) is 30.9. The number of esters is 1. The summed E-state index contributed by atoms with van der Waals surface area (Å²) in [5.41, 5.74) is 10.7. The lowest BCUT2D eigenvalue weighted by molar-refractivity contribution is -0.170. The van der Waals surface area contributed by atoms with E-state index < -0.39 is 54.3 Å². The van der Waals surface area contributed by atoms with Gasteiger partial charge in [0.05, 0.1) is 0 Å². The van der Waals surface area contributed by atoms with E-state index in [0.717, 1.165) is 48.3 Å². The van der Waals surface area contributed by atoms with Crippen LogP contribution in [0.1, 0.15) is 44.7 Å². The van der Waals surface area contributed by atoms with Gasteiger partial charge in [-0.3, -0.25) is 14.5 Å². The number of ether oxygens (including phenoxy) is 4. The van der Waals surface area contributed by atoms with Crippen LogP contribution < -0.4 is 16.8 Å². The number of hydrogen-bond acceptors (Lipinski definition) is 15. The highest BCUT2D eigenvalue weighted by atomic mass is 32.2. The zero-order valence-corrected chi connectivity index (χ0v) is 24.4. The number of carbonyl (C=O) groups is 5. The standard InChI is InChI=1S/C24H30N6O10S2/c1-11(39-24(35)40-13-6-4-3-5-7-13)38-21(33)17-12(8-37-23(26)34)9-41-20-16(19(32)30(17)20)28-18(31)15(29-36-2)14-10-42-22(25)27-14/h10-11,13,16,20H,3-9H2,1-2H3,(H2,25,27)(H2,26,34)(H,28,31)/b29-15-/t11?,16-,20-/m1/s1. The second-order valence-corrected chi connectivity index (χ2v) is 11.3. The molecule has 228 valence electrons. The SMILES string of the molecule is CO/N=C(\C(=O)N[C@@H]1C(=O)N2C(C(=O)OC(C)OC(=O)OC3CCCCC3)=C(COC(N)=O)CS[C@H]12)c1csc(N)n1. The highest BCUT2D eigenvalue weighted by molar-refractivity contribution is 8.00. The molecule has 1 aliphatic carbocycles. The zero-order valence-electron chi connectivity index (χ0n) is 22.7. The van der Waals surface area contributed by atoms with Crippen molar-refractivity contribution >= 4 is 64.0 Å². The van der Waals surface area contributed by atoms with Crippen molar-refractivity contribution in [1.82, 2.24) is 15.2 Å². The molecule has 1 saturated heterocycles. The molecule has 1 saturated carbocycles. The van der Waals surface area contributed by atoms with Gasteiger partial charge in [-0.25, -0.2) is 19.4 Å². The van der Waals surface area contributed by atoms with Gasteiger partial charge in [-0.05, 0) is 25.7 Å². The Morgan fingerprint density at radius 2 is 1.95 bits per heavy atom. The van der Waals surface area contributed by atoms with Crippen LogP contribution in [0, 0.1) is 0 Å². The Morgan fingerprint density at radius 1 is 1.21 bits per heavy atom. The predicted molar refractivity (Wildman–Crippen MR) is 148 cm³/mol. The van der Waals surface area contributed by atoms with Crippen molar-refractivity contribution in [3.05, 3.63) is 22.3 Å². The van der Waals surface area contributed by atoms with Crippen LogP contribution in [0.5, 0.6) is 0 Å². The number of primary amides is 1. The van der Waals surface area contributed by atoms with Gasteiger partial charge in [0.2, 0.25) is 6.29 Å². The maximum absolute atomic E-state index is 13.3. The van der Waals surface area contributed by atoms with E-state index in [9.17, 15) is 24.0 Å². The average Bonchev–Trinajstić information content (AvgIpc) is 3.38. The average molecular weight is 627 g/mol. The van der Waals surface area contributed by atoms with Gasteiger partial charge >= 0.3 is 18.2 Å². The minimum absolute atomic E-state index is 0.124. The summed E-state index contributed by atoms with van der Waals surface area (Å²) in [6.45, 7) is 0.924. The number of nitrogens with zero attached hydrogens (tertiary/aromatic N) is 3. The largest absolute Gasteiger partial charge is 0.511 e.